The number of piperidine rings is 1. The second kappa shape index (κ2) is 14.9. The maximum absolute atomic E-state index is 14.8. The zero-order valence-electron chi connectivity index (χ0n) is 29.7. The Kier molecular flexibility index (Phi) is 10.9. The number of nitrogens with one attached hydrogen (secondary N) is 2. The average molecular weight is 662 g/mol. The smallest absolute Gasteiger partial charge is 0.254 e. The molecule has 4 aromatic carbocycles. The van der Waals surface area contributed by atoms with Gasteiger partial charge in [-0.05, 0) is 80.1 Å². The van der Waals surface area contributed by atoms with Crippen LogP contribution in [0.5, 0.6) is 0 Å². The number of nitrogens with zero attached hydrogens (tertiary/aromatic N) is 2. The fourth-order valence-corrected chi connectivity index (χ4v) is 7.51. The Hall–Kier alpha value is -4.53. The van der Waals surface area contributed by atoms with E-state index < -0.39 is 12.1 Å². The fraction of sp³-hybridized carbons (Fsp3) is 0.390. The number of likely N-dealkylation sites (N-methyl/N-ethyl adjacent to an activating group) is 2. The molecule has 4 N–H and O–H groups in total. The van der Waals surface area contributed by atoms with E-state index in [0.717, 1.165) is 40.3 Å². The molecular weight excluding hydrogens is 610 g/mol. The molecule has 0 aliphatic carbocycles. The van der Waals surface area contributed by atoms with Crippen molar-refractivity contribution in [2.45, 2.75) is 89.1 Å². The SMILES string of the molecule is CN(C(=O)c1cccc(CN)c1)[C@H](Cc1ccc2ccccc2c1)C(=O)N(C)[C@H](Cc1ccccc1)C(=O)NC1CC(C)(C)NC(C)(C)C1. The molecular formula is C41H51N5O3. The van der Waals surface area contributed by atoms with Gasteiger partial charge < -0.3 is 26.2 Å². The molecule has 5 rings (SSSR count). The molecule has 1 heterocycles. The highest BCUT2D eigenvalue weighted by atomic mass is 16.2. The van der Waals surface area contributed by atoms with Crippen molar-refractivity contribution < 1.29 is 14.4 Å². The first-order chi connectivity index (χ1) is 23.2. The number of carbonyl (C=O) groups is 3. The van der Waals surface area contributed by atoms with Crippen molar-refractivity contribution in [2.24, 2.45) is 5.73 Å². The zero-order chi connectivity index (χ0) is 35.3. The van der Waals surface area contributed by atoms with Gasteiger partial charge in [-0.3, -0.25) is 14.4 Å². The normalized spacial score (nSPS) is 16.8. The van der Waals surface area contributed by atoms with Crippen molar-refractivity contribution in [3.8, 4) is 0 Å². The van der Waals surface area contributed by atoms with E-state index in [1.54, 1.807) is 37.2 Å². The van der Waals surface area contributed by atoms with Crippen LogP contribution in [0.3, 0.4) is 0 Å². The van der Waals surface area contributed by atoms with E-state index in [1.165, 1.54) is 4.90 Å². The Morgan fingerprint density at radius 3 is 2.02 bits per heavy atom. The summed E-state index contributed by atoms with van der Waals surface area (Å²) in [4.78, 5) is 46.1. The number of carbonyl (C=O) groups excluding carboxylic acids is 3. The van der Waals surface area contributed by atoms with E-state index in [1.807, 2.05) is 72.8 Å². The first kappa shape index (κ1) is 35.8. The lowest BCUT2D eigenvalue weighted by Gasteiger charge is -2.47. The topological polar surface area (TPSA) is 108 Å². The summed E-state index contributed by atoms with van der Waals surface area (Å²) in [6, 6.07) is 29.4. The molecule has 8 heteroatoms. The maximum atomic E-state index is 14.8. The monoisotopic (exact) mass is 661 g/mol. The lowest BCUT2D eigenvalue weighted by molar-refractivity contribution is -0.142. The van der Waals surface area contributed by atoms with Gasteiger partial charge in [0.25, 0.3) is 5.91 Å². The minimum Gasteiger partial charge on any atom is -0.351 e. The molecule has 1 aliphatic rings. The molecule has 8 nitrogen and oxygen atoms in total. The van der Waals surface area contributed by atoms with Crippen LogP contribution in [-0.4, -0.2) is 70.8 Å². The summed E-state index contributed by atoms with van der Waals surface area (Å²) in [5, 5.41) is 9.15. The van der Waals surface area contributed by atoms with Crippen LogP contribution in [0.1, 0.15) is 67.6 Å². The number of benzene rings is 4. The van der Waals surface area contributed by atoms with Crippen molar-refractivity contribution >= 4 is 28.5 Å². The summed E-state index contributed by atoms with van der Waals surface area (Å²) in [6.07, 6.45) is 2.15. The summed E-state index contributed by atoms with van der Waals surface area (Å²) >= 11 is 0. The molecule has 3 amide bonds. The number of fused-ring (bicyclic) bond motifs is 1. The predicted molar refractivity (Wildman–Crippen MR) is 197 cm³/mol. The highest BCUT2D eigenvalue weighted by Gasteiger charge is 2.40. The van der Waals surface area contributed by atoms with Crippen LogP contribution >= 0.6 is 0 Å². The molecule has 2 atom stereocenters. The Labute approximate surface area is 291 Å². The summed E-state index contributed by atoms with van der Waals surface area (Å²) < 4.78 is 0. The molecule has 0 spiro atoms. The molecule has 49 heavy (non-hydrogen) atoms. The van der Waals surface area contributed by atoms with Crippen LogP contribution < -0.4 is 16.4 Å². The summed E-state index contributed by atoms with van der Waals surface area (Å²) in [5.74, 6) is -0.792. The highest BCUT2D eigenvalue weighted by molar-refractivity contribution is 5.98. The van der Waals surface area contributed by atoms with E-state index in [4.69, 9.17) is 5.73 Å². The van der Waals surface area contributed by atoms with Gasteiger partial charge in [0.15, 0.2) is 0 Å². The van der Waals surface area contributed by atoms with Crippen molar-refractivity contribution in [2.75, 3.05) is 14.1 Å². The number of hydrogen-bond acceptors (Lipinski definition) is 5. The molecule has 258 valence electrons. The third kappa shape index (κ3) is 8.94. The van der Waals surface area contributed by atoms with Crippen LogP contribution in [0.2, 0.25) is 0 Å². The lowest BCUT2D eigenvalue weighted by Crippen LogP contribution is -2.63. The molecule has 1 aliphatic heterocycles. The third-order valence-electron chi connectivity index (χ3n) is 9.65. The second-order valence-electron chi connectivity index (χ2n) is 14.9. The average Bonchev–Trinajstić information content (AvgIpc) is 3.07. The van der Waals surface area contributed by atoms with Crippen molar-refractivity contribution in [3.05, 3.63) is 119 Å². The molecule has 1 saturated heterocycles. The van der Waals surface area contributed by atoms with Crippen LogP contribution in [-0.2, 0) is 29.0 Å². The largest absolute Gasteiger partial charge is 0.351 e. The number of nitrogens with two attached hydrogens (primary N) is 1. The molecule has 4 aromatic rings. The lowest BCUT2D eigenvalue weighted by atomic mass is 9.79. The van der Waals surface area contributed by atoms with Gasteiger partial charge in [0.05, 0.1) is 0 Å². The highest BCUT2D eigenvalue weighted by Crippen LogP contribution is 2.29. The van der Waals surface area contributed by atoms with E-state index in [2.05, 4.69) is 44.4 Å². The Morgan fingerprint density at radius 1 is 0.735 bits per heavy atom. The van der Waals surface area contributed by atoms with Gasteiger partial charge in [0.1, 0.15) is 12.1 Å². The van der Waals surface area contributed by atoms with Gasteiger partial charge in [0, 0.05) is 56.2 Å². The predicted octanol–water partition coefficient (Wildman–Crippen LogP) is 5.48. The molecule has 0 bridgehead atoms. The van der Waals surface area contributed by atoms with Gasteiger partial charge in [-0.2, -0.15) is 0 Å². The number of hydrogen-bond donors (Lipinski definition) is 3. The Bertz CT molecular complexity index is 1770. The summed E-state index contributed by atoms with van der Waals surface area (Å²) in [5.41, 5.74) is 8.72. The first-order valence-corrected chi connectivity index (χ1v) is 17.2. The maximum Gasteiger partial charge on any atom is 0.254 e. The number of rotatable bonds is 11. The van der Waals surface area contributed by atoms with Crippen molar-refractivity contribution in [3.63, 3.8) is 0 Å². The van der Waals surface area contributed by atoms with Gasteiger partial charge in [0.2, 0.25) is 11.8 Å². The van der Waals surface area contributed by atoms with E-state index >= 15 is 0 Å². The molecule has 1 fully saturated rings. The van der Waals surface area contributed by atoms with Gasteiger partial charge in [-0.25, -0.2) is 0 Å². The van der Waals surface area contributed by atoms with Crippen LogP contribution in [0.15, 0.2) is 97.1 Å². The minimum atomic E-state index is -0.872. The zero-order valence-corrected chi connectivity index (χ0v) is 29.7. The van der Waals surface area contributed by atoms with Crippen LogP contribution in [0.4, 0.5) is 0 Å². The number of amides is 3. The quantitative estimate of drug-likeness (QED) is 0.198. The fourth-order valence-electron chi connectivity index (χ4n) is 7.51. The first-order valence-electron chi connectivity index (χ1n) is 17.2. The molecule has 0 saturated carbocycles. The van der Waals surface area contributed by atoms with Crippen LogP contribution in [0.25, 0.3) is 10.8 Å². The van der Waals surface area contributed by atoms with Gasteiger partial charge in [-0.15, -0.1) is 0 Å². The minimum absolute atomic E-state index is 0.0620. The Balaban J connectivity index is 1.48. The van der Waals surface area contributed by atoms with E-state index in [9.17, 15) is 14.4 Å². The Morgan fingerprint density at radius 2 is 1.35 bits per heavy atom. The molecule has 0 radical (unpaired) electrons. The van der Waals surface area contributed by atoms with E-state index in [-0.39, 0.29) is 41.3 Å². The summed E-state index contributed by atoms with van der Waals surface area (Å²) in [7, 11) is 3.35. The van der Waals surface area contributed by atoms with Gasteiger partial charge in [-0.1, -0.05) is 84.9 Å². The molecule has 0 unspecified atom stereocenters. The van der Waals surface area contributed by atoms with E-state index in [0.29, 0.717) is 18.5 Å². The summed E-state index contributed by atoms with van der Waals surface area (Å²) in [6.45, 7) is 8.90. The third-order valence-corrected chi connectivity index (χ3v) is 9.65. The molecule has 0 aromatic heterocycles. The standard InChI is InChI=1S/C41H51N5O3/c1-40(2)25-34(26-41(3,4)44-40)43-37(47)35(23-28-13-8-7-9-14-28)45(5)39(49)36(24-29-19-20-31-16-10-11-17-32(31)21-29)46(6)38(48)33-18-12-15-30(22-33)27-42/h7-22,34-36,44H,23-27,42H2,1-6H3,(H,43,47)/t35-,36-/m1/s1. The second-order valence-corrected chi connectivity index (χ2v) is 14.9. The van der Waals surface area contributed by atoms with Crippen molar-refractivity contribution in [1.29, 1.82) is 0 Å². The van der Waals surface area contributed by atoms with Gasteiger partial charge >= 0.3 is 0 Å². The van der Waals surface area contributed by atoms with Crippen LogP contribution in [0, 0.1) is 0 Å². The van der Waals surface area contributed by atoms with Crippen molar-refractivity contribution in [1.82, 2.24) is 20.4 Å².